The van der Waals surface area contributed by atoms with Gasteiger partial charge in [0.25, 0.3) is 0 Å². The number of fused-ring (bicyclic) bond motifs is 1. The lowest BCUT2D eigenvalue weighted by Gasteiger charge is -2.26. The molecule has 0 spiro atoms. The maximum Gasteiger partial charge on any atom is 0.421 e. The van der Waals surface area contributed by atoms with E-state index < -0.39 is 38.9 Å². The fourth-order valence-electron chi connectivity index (χ4n) is 4.16. The van der Waals surface area contributed by atoms with Crippen LogP contribution in [-0.2, 0) is 15.6 Å². The zero-order valence-corrected chi connectivity index (χ0v) is 22.1. The van der Waals surface area contributed by atoms with Crippen LogP contribution in [0.3, 0.4) is 0 Å². The van der Waals surface area contributed by atoms with Crippen LogP contribution >= 0.6 is 22.9 Å². The molecule has 0 aliphatic heterocycles. The molecule has 0 amide bonds. The van der Waals surface area contributed by atoms with E-state index in [4.69, 9.17) is 11.6 Å². The molecule has 0 saturated heterocycles. The van der Waals surface area contributed by atoms with Gasteiger partial charge in [-0.3, -0.25) is 4.98 Å². The first kappa shape index (κ1) is 27.0. The number of hydrogen-bond acceptors (Lipinski definition) is 5. The molecule has 38 heavy (non-hydrogen) atoms. The van der Waals surface area contributed by atoms with Crippen molar-refractivity contribution in [2.45, 2.75) is 42.8 Å². The number of nitrogens with one attached hydrogen (secondary N) is 1. The van der Waals surface area contributed by atoms with Crippen molar-refractivity contribution >= 4 is 43.0 Å². The van der Waals surface area contributed by atoms with Crippen molar-refractivity contribution < 1.29 is 31.1 Å². The predicted octanol–water partition coefficient (Wildman–Crippen LogP) is 6.70. The summed E-state index contributed by atoms with van der Waals surface area (Å²) in [5, 5.41) is 10.3. The summed E-state index contributed by atoms with van der Waals surface area (Å²) in [5.41, 5.74) is -2.83. The Morgan fingerprint density at radius 2 is 1.84 bits per heavy atom. The second-order valence-electron chi connectivity index (χ2n) is 9.30. The number of thiophene rings is 1. The molecular formula is C26H21ClF4N2O3S2. The minimum atomic E-state index is -4.90. The fraction of sp³-hybridized carbons (Fsp3) is 0.269. The normalized spacial score (nSPS) is 16.9. The van der Waals surface area contributed by atoms with Crippen molar-refractivity contribution in [1.29, 1.82) is 0 Å². The minimum Gasteiger partial charge on any atom is -0.376 e. The van der Waals surface area contributed by atoms with Gasteiger partial charge in [-0.05, 0) is 61.0 Å². The van der Waals surface area contributed by atoms with Gasteiger partial charge in [-0.1, -0.05) is 35.9 Å². The Labute approximate surface area is 225 Å². The summed E-state index contributed by atoms with van der Waals surface area (Å²) in [5.74, 6) is -0.678. The van der Waals surface area contributed by atoms with E-state index in [0.717, 1.165) is 17.4 Å². The molecule has 2 atom stereocenters. The SMILES string of the molecule is CC(O)(c1ccnc(-c2cccc3cc([C@H](NS(=O)(=O)C4CC4)c4c(F)cccc4Cl)sc23)c1)C(F)(F)F. The van der Waals surface area contributed by atoms with E-state index in [1.54, 1.807) is 24.3 Å². The molecule has 1 aliphatic rings. The zero-order valence-electron chi connectivity index (χ0n) is 19.8. The Morgan fingerprint density at radius 3 is 2.50 bits per heavy atom. The monoisotopic (exact) mass is 584 g/mol. The summed E-state index contributed by atoms with van der Waals surface area (Å²) in [6, 6.07) is 12.0. The molecule has 200 valence electrons. The molecule has 1 unspecified atom stereocenters. The lowest BCUT2D eigenvalue weighted by Crippen LogP contribution is -2.39. The minimum absolute atomic E-state index is 0.0205. The van der Waals surface area contributed by atoms with Gasteiger partial charge in [-0.2, -0.15) is 13.2 Å². The highest BCUT2D eigenvalue weighted by Gasteiger charge is 2.51. The zero-order chi connectivity index (χ0) is 27.5. The third kappa shape index (κ3) is 4.93. The van der Waals surface area contributed by atoms with Crippen LogP contribution in [0.25, 0.3) is 21.3 Å². The third-order valence-electron chi connectivity index (χ3n) is 6.53. The van der Waals surface area contributed by atoms with Gasteiger partial charge < -0.3 is 5.11 Å². The quantitative estimate of drug-likeness (QED) is 0.237. The molecule has 1 fully saturated rings. The van der Waals surface area contributed by atoms with Crippen molar-refractivity contribution in [3.63, 3.8) is 0 Å². The molecule has 12 heteroatoms. The third-order valence-corrected chi connectivity index (χ3v) is 10.0. The summed E-state index contributed by atoms with van der Waals surface area (Å²) >= 11 is 7.48. The largest absolute Gasteiger partial charge is 0.421 e. The number of hydrogen-bond donors (Lipinski definition) is 2. The smallest absolute Gasteiger partial charge is 0.376 e. The van der Waals surface area contributed by atoms with E-state index in [-0.39, 0.29) is 21.8 Å². The highest BCUT2D eigenvalue weighted by molar-refractivity contribution is 7.90. The molecule has 2 N–H and O–H groups in total. The Bertz CT molecular complexity index is 1610. The van der Waals surface area contributed by atoms with Crippen LogP contribution in [0.2, 0.25) is 5.02 Å². The standard InChI is InChI=1S/C26H21ClF4N2O3S2/c1-25(34,26(29,30)31)15-10-11-32-20(13-15)17-5-2-4-14-12-21(37-24(14)17)23(33-38(35,36)16-8-9-16)22-18(27)6-3-7-19(22)28/h2-7,10-13,16,23,33-34H,8-9H2,1H3/t23-,25?/m0/s1. The van der Waals surface area contributed by atoms with Gasteiger partial charge in [-0.25, -0.2) is 17.5 Å². The molecule has 2 aromatic carbocycles. The molecule has 2 heterocycles. The molecule has 2 aromatic heterocycles. The van der Waals surface area contributed by atoms with Gasteiger partial charge in [0.2, 0.25) is 10.0 Å². The second-order valence-corrected chi connectivity index (χ2v) is 12.8. The van der Waals surface area contributed by atoms with E-state index in [0.29, 0.717) is 40.3 Å². The first-order chi connectivity index (χ1) is 17.8. The first-order valence-corrected chi connectivity index (χ1v) is 14.3. The molecular weight excluding hydrogens is 564 g/mol. The van der Waals surface area contributed by atoms with Crippen LogP contribution in [0, 0.1) is 5.82 Å². The van der Waals surface area contributed by atoms with Crippen LogP contribution in [0.1, 0.15) is 41.8 Å². The van der Waals surface area contributed by atoms with Crippen LogP contribution < -0.4 is 4.72 Å². The summed E-state index contributed by atoms with van der Waals surface area (Å²) in [6.45, 7) is 0.671. The highest BCUT2D eigenvalue weighted by atomic mass is 35.5. The molecule has 1 saturated carbocycles. The van der Waals surface area contributed by atoms with Crippen molar-refractivity contribution in [1.82, 2.24) is 9.71 Å². The lowest BCUT2D eigenvalue weighted by atomic mass is 9.94. The van der Waals surface area contributed by atoms with Crippen LogP contribution in [0.5, 0.6) is 0 Å². The first-order valence-electron chi connectivity index (χ1n) is 11.5. The van der Waals surface area contributed by atoms with Gasteiger partial charge in [0, 0.05) is 31.9 Å². The average Bonchev–Trinajstić information content (AvgIpc) is 3.62. The number of rotatable bonds is 7. The fourth-order valence-corrected chi connectivity index (χ4v) is 7.27. The van der Waals surface area contributed by atoms with E-state index in [1.165, 1.54) is 30.5 Å². The van der Waals surface area contributed by atoms with Crippen molar-refractivity contribution in [2.75, 3.05) is 0 Å². The van der Waals surface area contributed by atoms with Gasteiger partial charge in [0.05, 0.1) is 17.0 Å². The van der Waals surface area contributed by atoms with E-state index in [1.807, 2.05) is 0 Å². The number of aliphatic hydroxyl groups is 1. The molecule has 1 aliphatic carbocycles. The average molecular weight is 585 g/mol. The van der Waals surface area contributed by atoms with Crippen molar-refractivity contribution in [2.24, 2.45) is 0 Å². The molecule has 4 aromatic rings. The Kier molecular flexibility index (Phi) is 6.80. The molecule has 0 bridgehead atoms. The molecule has 5 rings (SSSR count). The number of nitrogens with zero attached hydrogens (tertiary/aromatic N) is 1. The predicted molar refractivity (Wildman–Crippen MR) is 139 cm³/mol. The molecule has 5 nitrogen and oxygen atoms in total. The maximum absolute atomic E-state index is 15.0. The summed E-state index contributed by atoms with van der Waals surface area (Å²) in [4.78, 5) is 4.67. The number of aromatic nitrogens is 1. The van der Waals surface area contributed by atoms with E-state index in [9.17, 15) is 31.1 Å². The van der Waals surface area contributed by atoms with Crippen LogP contribution in [-0.4, -0.2) is 29.9 Å². The van der Waals surface area contributed by atoms with Crippen LogP contribution in [0.4, 0.5) is 17.6 Å². The Hall–Kier alpha value is -2.57. The lowest BCUT2D eigenvalue weighted by molar-refractivity contribution is -0.258. The second kappa shape index (κ2) is 9.56. The van der Waals surface area contributed by atoms with Gasteiger partial charge in [0.15, 0.2) is 5.60 Å². The van der Waals surface area contributed by atoms with Crippen LogP contribution in [0.15, 0.2) is 60.8 Å². The maximum atomic E-state index is 15.0. The summed E-state index contributed by atoms with van der Waals surface area (Å²) in [6.07, 6.45) is -2.71. The Balaban J connectivity index is 1.64. The highest BCUT2D eigenvalue weighted by Crippen LogP contribution is 2.43. The topological polar surface area (TPSA) is 79.3 Å². The number of sulfonamides is 1. The van der Waals surface area contributed by atoms with Gasteiger partial charge >= 0.3 is 6.18 Å². The van der Waals surface area contributed by atoms with E-state index in [2.05, 4.69) is 9.71 Å². The van der Waals surface area contributed by atoms with Gasteiger partial charge in [-0.15, -0.1) is 11.3 Å². The number of alkyl halides is 3. The van der Waals surface area contributed by atoms with Gasteiger partial charge in [0.1, 0.15) is 5.82 Å². The molecule has 0 radical (unpaired) electrons. The summed E-state index contributed by atoms with van der Waals surface area (Å²) < 4.78 is 84.4. The van der Waals surface area contributed by atoms with E-state index >= 15 is 0 Å². The number of pyridine rings is 1. The van der Waals surface area contributed by atoms with Crippen molar-refractivity contribution in [3.8, 4) is 11.3 Å². The van der Waals surface area contributed by atoms with Crippen molar-refractivity contribution in [3.05, 3.63) is 87.6 Å². The number of benzene rings is 2. The summed E-state index contributed by atoms with van der Waals surface area (Å²) in [7, 11) is -3.77. The Morgan fingerprint density at radius 1 is 1.13 bits per heavy atom. The number of halogens is 5.